The molecule has 0 amide bonds. The van der Waals surface area contributed by atoms with Crippen molar-refractivity contribution in [2.24, 2.45) is 0 Å². The third-order valence-corrected chi connectivity index (χ3v) is 4.64. The van der Waals surface area contributed by atoms with Crippen molar-refractivity contribution in [3.63, 3.8) is 0 Å². The molecule has 0 saturated carbocycles. The SMILES string of the molecule is CCCCOC(=O)C(C)Sc1nnc2c(n1)[nH]c1ccc(C)cc12. The van der Waals surface area contributed by atoms with Crippen LogP contribution in [0.4, 0.5) is 0 Å². The number of H-pyrrole nitrogens is 1. The van der Waals surface area contributed by atoms with Gasteiger partial charge in [-0.05, 0) is 32.4 Å². The summed E-state index contributed by atoms with van der Waals surface area (Å²) >= 11 is 1.26. The molecule has 0 aliphatic rings. The summed E-state index contributed by atoms with van der Waals surface area (Å²) in [5, 5.41) is 9.54. The van der Waals surface area contributed by atoms with E-state index < -0.39 is 0 Å². The van der Waals surface area contributed by atoms with Crippen LogP contribution in [0.2, 0.25) is 0 Å². The Morgan fingerprint density at radius 3 is 3.00 bits per heavy atom. The van der Waals surface area contributed by atoms with Crippen molar-refractivity contribution in [2.45, 2.75) is 44.0 Å². The molecule has 0 aliphatic heterocycles. The van der Waals surface area contributed by atoms with Gasteiger partial charge in [0, 0.05) is 10.9 Å². The molecule has 0 aliphatic carbocycles. The van der Waals surface area contributed by atoms with Crippen LogP contribution in [-0.4, -0.2) is 38.0 Å². The molecule has 126 valence electrons. The van der Waals surface area contributed by atoms with Crippen LogP contribution in [-0.2, 0) is 9.53 Å². The standard InChI is InChI=1S/C17H20N4O2S/c1-4-5-8-23-16(22)11(3)24-17-19-15-14(20-21-17)12-9-10(2)6-7-13(12)18-15/h6-7,9,11H,4-5,8H2,1-3H3,(H,18,19,21). The first-order valence-corrected chi connectivity index (χ1v) is 8.92. The second kappa shape index (κ2) is 7.17. The molecule has 6 nitrogen and oxygen atoms in total. The number of unbranched alkanes of at least 4 members (excludes halogenated alkanes) is 1. The Balaban J connectivity index is 1.78. The lowest BCUT2D eigenvalue weighted by Gasteiger charge is -2.09. The predicted octanol–water partition coefficient (Wildman–Crippen LogP) is 3.64. The van der Waals surface area contributed by atoms with Gasteiger partial charge < -0.3 is 9.72 Å². The van der Waals surface area contributed by atoms with E-state index in [9.17, 15) is 4.79 Å². The maximum Gasteiger partial charge on any atom is 0.319 e. The minimum Gasteiger partial charge on any atom is -0.465 e. The number of ether oxygens (including phenoxy) is 1. The number of aryl methyl sites for hydroxylation is 1. The first-order chi connectivity index (χ1) is 11.6. The van der Waals surface area contributed by atoms with Gasteiger partial charge >= 0.3 is 5.97 Å². The van der Waals surface area contributed by atoms with E-state index in [1.807, 2.05) is 19.1 Å². The molecule has 1 unspecified atom stereocenters. The normalized spacial score (nSPS) is 12.6. The molecule has 1 atom stereocenters. The van der Waals surface area contributed by atoms with Crippen LogP contribution in [0.5, 0.6) is 0 Å². The van der Waals surface area contributed by atoms with E-state index in [0.717, 1.165) is 34.8 Å². The minimum atomic E-state index is -0.368. The van der Waals surface area contributed by atoms with Crippen molar-refractivity contribution < 1.29 is 9.53 Å². The van der Waals surface area contributed by atoms with Crippen LogP contribution in [0.15, 0.2) is 23.4 Å². The molecular formula is C17H20N4O2S. The van der Waals surface area contributed by atoms with Crippen molar-refractivity contribution in [1.29, 1.82) is 0 Å². The fourth-order valence-electron chi connectivity index (χ4n) is 2.36. The summed E-state index contributed by atoms with van der Waals surface area (Å²) in [5.41, 5.74) is 3.56. The van der Waals surface area contributed by atoms with Crippen LogP contribution >= 0.6 is 11.8 Å². The van der Waals surface area contributed by atoms with Crippen LogP contribution in [0.1, 0.15) is 32.3 Å². The predicted molar refractivity (Wildman–Crippen MR) is 95.1 cm³/mol. The van der Waals surface area contributed by atoms with Gasteiger partial charge in [-0.25, -0.2) is 4.98 Å². The minimum absolute atomic E-state index is 0.246. The van der Waals surface area contributed by atoms with E-state index in [1.54, 1.807) is 6.92 Å². The van der Waals surface area contributed by atoms with Crippen molar-refractivity contribution in [3.05, 3.63) is 23.8 Å². The Labute approximate surface area is 144 Å². The molecule has 24 heavy (non-hydrogen) atoms. The number of hydrogen-bond acceptors (Lipinski definition) is 6. The number of esters is 1. The zero-order chi connectivity index (χ0) is 17.1. The Bertz CT molecular complexity index is 878. The van der Waals surface area contributed by atoms with E-state index >= 15 is 0 Å². The summed E-state index contributed by atoms with van der Waals surface area (Å²) in [5.74, 6) is -0.246. The van der Waals surface area contributed by atoms with Gasteiger partial charge in [0.05, 0.1) is 6.61 Å². The first kappa shape index (κ1) is 16.7. The average molecular weight is 344 g/mol. The largest absolute Gasteiger partial charge is 0.465 e. The smallest absolute Gasteiger partial charge is 0.319 e. The first-order valence-electron chi connectivity index (χ1n) is 8.04. The van der Waals surface area contributed by atoms with Gasteiger partial charge in [-0.3, -0.25) is 4.79 Å². The maximum atomic E-state index is 11.9. The number of aromatic nitrogens is 4. The van der Waals surface area contributed by atoms with Gasteiger partial charge in [0.1, 0.15) is 10.8 Å². The average Bonchev–Trinajstić information content (AvgIpc) is 2.92. The molecule has 1 aromatic carbocycles. The quantitative estimate of drug-likeness (QED) is 0.418. The number of nitrogens with one attached hydrogen (secondary N) is 1. The lowest BCUT2D eigenvalue weighted by molar-refractivity contribution is -0.142. The summed E-state index contributed by atoms with van der Waals surface area (Å²) in [7, 11) is 0. The maximum absolute atomic E-state index is 11.9. The second-order valence-corrected chi connectivity index (χ2v) is 7.05. The summed E-state index contributed by atoms with van der Waals surface area (Å²) in [6, 6.07) is 6.11. The zero-order valence-corrected chi connectivity index (χ0v) is 14.8. The topological polar surface area (TPSA) is 80.8 Å². The number of aromatic amines is 1. The van der Waals surface area contributed by atoms with Gasteiger partial charge in [-0.1, -0.05) is 36.7 Å². The molecule has 3 rings (SSSR count). The highest BCUT2D eigenvalue weighted by Crippen LogP contribution is 2.26. The molecule has 0 saturated heterocycles. The number of fused-ring (bicyclic) bond motifs is 3. The Kier molecular flexibility index (Phi) is 4.99. The molecule has 2 heterocycles. The number of carbonyl (C=O) groups excluding carboxylic acids is 1. The van der Waals surface area contributed by atoms with Crippen molar-refractivity contribution in [1.82, 2.24) is 20.2 Å². The number of nitrogens with zero attached hydrogens (tertiary/aromatic N) is 3. The number of benzene rings is 1. The van der Waals surface area contributed by atoms with E-state index in [2.05, 4.69) is 33.2 Å². The monoisotopic (exact) mass is 344 g/mol. The van der Waals surface area contributed by atoms with E-state index in [0.29, 0.717) is 17.4 Å². The van der Waals surface area contributed by atoms with Crippen LogP contribution in [0.25, 0.3) is 22.1 Å². The summed E-state index contributed by atoms with van der Waals surface area (Å²) < 4.78 is 5.22. The van der Waals surface area contributed by atoms with Crippen LogP contribution in [0.3, 0.4) is 0 Å². The fourth-order valence-corrected chi connectivity index (χ4v) is 3.07. The van der Waals surface area contributed by atoms with Gasteiger partial charge in [-0.15, -0.1) is 10.2 Å². The number of thioether (sulfide) groups is 1. The molecule has 7 heteroatoms. The Morgan fingerprint density at radius 1 is 1.38 bits per heavy atom. The van der Waals surface area contributed by atoms with E-state index in [4.69, 9.17) is 4.74 Å². The second-order valence-electron chi connectivity index (χ2n) is 5.75. The summed E-state index contributed by atoms with van der Waals surface area (Å²) in [6.45, 7) is 6.35. The zero-order valence-electron chi connectivity index (χ0n) is 14.0. The molecule has 0 bridgehead atoms. The molecule has 3 aromatic rings. The lowest BCUT2D eigenvalue weighted by atomic mass is 10.2. The van der Waals surface area contributed by atoms with Gasteiger partial charge in [0.15, 0.2) is 5.65 Å². The molecule has 1 N–H and O–H groups in total. The highest BCUT2D eigenvalue weighted by atomic mass is 32.2. The van der Waals surface area contributed by atoms with Crippen LogP contribution in [0, 0.1) is 6.92 Å². The number of carbonyl (C=O) groups is 1. The Morgan fingerprint density at radius 2 is 2.21 bits per heavy atom. The van der Waals surface area contributed by atoms with E-state index in [-0.39, 0.29) is 11.2 Å². The highest BCUT2D eigenvalue weighted by Gasteiger charge is 2.18. The van der Waals surface area contributed by atoms with Crippen LogP contribution < -0.4 is 0 Å². The number of hydrogen-bond donors (Lipinski definition) is 1. The third kappa shape index (κ3) is 3.51. The highest BCUT2D eigenvalue weighted by molar-refractivity contribution is 8.00. The molecule has 0 spiro atoms. The summed E-state index contributed by atoms with van der Waals surface area (Å²) in [6.07, 6.45) is 1.87. The number of rotatable bonds is 6. The van der Waals surface area contributed by atoms with E-state index in [1.165, 1.54) is 11.8 Å². The Hall–Kier alpha value is -2.15. The van der Waals surface area contributed by atoms with Crippen molar-refractivity contribution >= 4 is 39.8 Å². The van der Waals surface area contributed by atoms with Gasteiger partial charge in [0.2, 0.25) is 5.16 Å². The molecule has 0 radical (unpaired) electrons. The molecule has 0 fully saturated rings. The lowest BCUT2D eigenvalue weighted by Crippen LogP contribution is -2.18. The van der Waals surface area contributed by atoms with Crippen molar-refractivity contribution in [3.8, 4) is 0 Å². The molecule has 2 aromatic heterocycles. The third-order valence-electron chi connectivity index (χ3n) is 3.71. The fraction of sp³-hybridized carbons (Fsp3) is 0.412. The van der Waals surface area contributed by atoms with Crippen molar-refractivity contribution in [2.75, 3.05) is 6.61 Å². The van der Waals surface area contributed by atoms with Gasteiger partial charge in [0.25, 0.3) is 0 Å². The van der Waals surface area contributed by atoms with Gasteiger partial charge in [-0.2, -0.15) is 0 Å². The molecular weight excluding hydrogens is 324 g/mol. The summed E-state index contributed by atoms with van der Waals surface area (Å²) in [4.78, 5) is 19.7.